The maximum Gasteiger partial charge on any atom is 0.0544 e. The van der Waals surface area contributed by atoms with Crippen LogP contribution in [-0.4, -0.2) is 11.0 Å². The maximum atomic E-state index is 4.55. The SMILES string of the molecule is CCC1CCCCC1NCc1cccc(C)n1. The molecule has 2 nitrogen and oxygen atoms in total. The van der Waals surface area contributed by atoms with Gasteiger partial charge in [0.05, 0.1) is 5.69 Å². The standard InChI is InChI=1S/C15H24N2/c1-3-13-8-4-5-10-15(13)16-11-14-9-6-7-12(2)17-14/h6-7,9,13,15-16H,3-5,8,10-11H2,1-2H3. The number of hydrogen-bond acceptors (Lipinski definition) is 2. The first-order valence-electron chi connectivity index (χ1n) is 6.95. The van der Waals surface area contributed by atoms with Gasteiger partial charge in [0, 0.05) is 18.3 Å². The summed E-state index contributed by atoms with van der Waals surface area (Å²) in [5, 5.41) is 3.70. The number of rotatable bonds is 4. The fourth-order valence-corrected chi connectivity index (χ4v) is 2.90. The van der Waals surface area contributed by atoms with Crippen LogP contribution in [-0.2, 0) is 6.54 Å². The highest BCUT2D eigenvalue weighted by molar-refractivity contribution is 5.09. The van der Waals surface area contributed by atoms with Gasteiger partial charge in [-0.05, 0) is 37.8 Å². The minimum atomic E-state index is 0.705. The summed E-state index contributed by atoms with van der Waals surface area (Å²) >= 11 is 0. The molecule has 0 amide bonds. The van der Waals surface area contributed by atoms with E-state index in [-0.39, 0.29) is 0 Å². The average Bonchev–Trinajstić information content (AvgIpc) is 2.37. The summed E-state index contributed by atoms with van der Waals surface area (Å²) in [5.41, 5.74) is 2.28. The van der Waals surface area contributed by atoms with Crippen molar-refractivity contribution in [1.82, 2.24) is 10.3 Å². The molecule has 1 saturated carbocycles. The van der Waals surface area contributed by atoms with E-state index in [9.17, 15) is 0 Å². The van der Waals surface area contributed by atoms with Crippen LogP contribution in [0.5, 0.6) is 0 Å². The summed E-state index contributed by atoms with van der Waals surface area (Å²) in [6.45, 7) is 5.29. The van der Waals surface area contributed by atoms with Gasteiger partial charge in [0.15, 0.2) is 0 Å². The Balaban J connectivity index is 1.88. The molecular weight excluding hydrogens is 208 g/mol. The summed E-state index contributed by atoms with van der Waals surface area (Å²) in [5.74, 6) is 0.869. The van der Waals surface area contributed by atoms with Crippen LogP contribution in [0.3, 0.4) is 0 Å². The third-order valence-electron chi connectivity index (χ3n) is 3.92. The predicted molar refractivity (Wildman–Crippen MR) is 71.9 cm³/mol. The van der Waals surface area contributed by atoms with Gasteiger partial charge in [0.25, 0.3) is 0 Å². The van der Waals surface area contributed by atoms with Crippen molar-refractivity contribution in [3.63, 3.8) is 0 Å². The van der Waals surface area contributed by atoms with E-state index >= 15 is 0 Å². The molecule has 0 bridgehead atoms. The number of nitrogens with zero attached hydrogens (tertiary/aromatic N) is 1. The second-order valence-electron chi connectivity index (χ2n) is 5.21. The Kier molecular flexibility index (Phi) is 4.55. The number of hydrogen-bond donors (Lipinski definition) is 1. The molecule has 1 aromatic heterocycles. The van der Waals surface area contributed by atoms with E-state index < -0.39 is 0 Å². The van der Waals surface area contributed by atoms with Gasteiger partial charge < -0.3 is 5.32 Å². The average molecular weight is 232 g/mol. The highest BCUT2D eigenvalue weighted by atomic mass is 14.9. The van der Waals surface area contributed by atoms with Crippen molar-refractivity contribution >= 4 is 0 Å². The molecular formula is C15H24N2. The van der Waals surface area contributed by atoms with Gasteiger partial charge in [0.1, 0.15) is 0 Å². The molecule has 1 N–H and O–H groups in total. The molecule has 2 atom stereocenters. The Morgan fingerprint density at radius 3 is 2.88 bits per heavy atom. The molecule has 1 aliphatic rings. The zero-order valence-corrected chi connectivity index (χ0v) is 11.1. The first-order valence-corrected chi connectivity index (χ1v) is 6.95. The Hall–Kier alpha value is -0.890. The first kappa shape index (κ1) is 12.6. The molecule has 0 radical (unpaired) electrons. The number of aromatic nitrogens is 1. The zero-order chi connectivity index (χ0) is 12.1. The van der Waals surface area contributed by atoms with Crippen LogP contribution in [0.15, 0.2) is 18.2 Å². The summed E-state index contributed by atoms with van der Waals surface area (Å²) in [6.07, 6.45) is 6.84. The lowest BCUT2D eigenvalue weighted by Crippen LogP contribution is -2.38. The van der Waals surface area contributed by atoms with Crippen LogP contribution in [0.1, 0.15) is 50.4 Å². The smallest absolute Gasteiger partial charge is 0.0544 e. The predicted octanol–water partition coefficient (Wildman–Crippen LogP) is 3.45. The molecule has 0 aromatic carbocycles. The van der Waals surface area contributed by atoms with Crippen molar-refractivity contribution in [1.29, 1.82) is 0 Å². The van der Waals surface area contributed by atoms with Gasteiger partial charge >= 0.3 is 0 Å². The van der Waals surface area contributed by atoms with Crippen molar-refractivity contribution in [2.75, 3.05) is 0 Å². The normalized spacial score (nSPS) is 24.8. The summed E-state index contributed by atoms with van der Waals surface area (Å²) < 4.78 is 0. The van der Waals surface area contributed by atoms with E-state index in [0.29, 0.717) is 6.04 Å². The number of aryl methyl sites for hydroxylation is 1. The molecule has 2 heteroatoms. The van der Waals surface area contributed by atoms with Crippen LogP contribution in [0.25, 0.3) is 0 Å². The van der Waals surface area contributed by atoms with Crippen LogP contribution >= 0.6 is 0 Å². The minimum absolute atomic E-state index is 0.705. The lowest BCUT2D eigenvalue weighted by atomic mass is 9.83. The second kappa shape index (κ2) is 6.15. The summed E-state index contributed by atoms with van der Waals surface area (Å²) in [7, 11) is 0. The monoisotopic (exact) mass is 232 g/mol. The minimum Gasteiger partial charge on any atom is -0.308 e. The van der Waals surface area contributed by atoms with Gasteiger partial charge in [-0.1, -0.05) is 32.3 Å². The van der Waals surface area contributed by atoms with Gasteiger partial charge in [-0.3, -0.25) is 4.98 Å². The van der Waals surface area contributed by atoms with Gasteiger partial charge in [0.2, 0.25) is 0 Å². The third-order valence-corrected chi connectivity index (χ3v) is 3.92. The Labute approximate surface area is 105 Å². The lowest BCUT2D eigenvalue weighted by Gasteiger charge is -2.31. The Morgan fingerprint density at radius 2 is 2.12 bits per heavy atom. The summed E-state index contributed by atoms with van der Waals surface area (Å²) in [6, 6.07) is 6.97. The number of pyridine rings is 1. The molecule has 1 aromatic rings. The molecule has 1 aliphatic carbocycles. The molecule has 1 fully saturated rings. The highest BCUT2D eigenvalue weighted by Crippen LogP contribution is 2.26. The summed E-state index contributed by atoms with van der Waals surface area (Å²) in [4.78, 5) is 4.55. The van der Waals surface area contributed by atoms with E-state index in [1.54, 1.807) is 0 Å². The molecule has 17 heavy (non-hydrogen) atoms. The quantitative estimate of drug-likeness (QED) is 0.860. The largest absolute Gasteiger partial charge is 0.308 e. The van der Waals surface area contributed by atoms with Crippen LogP contribution < -0.4 is 5.32 Å². The fraction of sp³-hybridized carbons (Fsp3) is 0.667. The first-order chi connectivity index (χ1) is 8.29. The maximum absolute atomic E-state index is 4.55. The lowest BCUT2D eigenvalue weighted by molar-refractivity contribution is 0.254. The molecule has 1 heterocycles. The van der Waals surface area contributed by atoms with E-state index in [4.69, 9.17) is 0 Å². The van der Waals surface area contributed by atoms with E-state index in [1.165, 1.54) is 37.8 Å². The van der Waals surface area contributed by atoms with Crippen molar-refractivity contribution < 1.29 is 0 Å². The van der Waals surface area contributed by atoms with Crippen LogP contribution in [0.2, 0.25) is 0 Å². The van der Waals surface area contributed by atoms with Crippen molar-refractivity contribution in [3.05, 3.63) is 29.6 Å². The Bertz CT molecular complexity index is 349. The molecule has 0 aliphatic heterocycles. The van der Waals surface area contributed by atoms with Crippen LogP contribution in [0.4, 0.5) is 0 Å². The molecule has 0 spiro atoms. The van der Waals surface area contributed by atoms with Crippen molar-refractivity contribution in [2.45, 2.75) is 58.5 Å². The third kappa shape index (κ3) is 3.53. The van der Waals surface area contributed by atoms with Gasteiger partial charge in [-0.2, -0.15) is 0 Å². The molecule has 2 rings (SSSR count). The Morgan fingerprint density at radius 1 is 1.29 bits per heavy atom. The van der Waals surface area contributed by atoms with E-state index in [0.717, 1.165) is 18.2 Å². The fourth-order valence-electron chi connectivity index (χ4n) is 2.90. The van der Waals surface area contributed by atoms with E-state index in [1.807, 2.05) is 0 Å². The second-order valence-corrected chi connectivity index (χ2v) is 5.21. The topological polar surface area (TPSA) is 24.9 Å². The molecule has 94 valence electrons. The van der Waals surface area contributed by atoms with Crippen molar-refractivity contribution in [2.24, 2.45) is 5.92 Å². The van der Waals surface area contributed by atoms with Crippen molar-refractivity contribution in [3.8, 4) is 0 Å². The molecule has 2 unspecified atom stereocenters. The van der Waals surface area contributed by atoms with E-state index in [2.05, 4.69) is 42.3 Å². The van der Waals surface area contributed by atoms with Gasteiger partial charge in [-0.15, -0.1) is 0 Å². The zero-order valence-electron chi connectivity index (χ0n) is 11.1. The number of nitrogens with one attached hydrogen (secondary N) is 1. The highest BCUT2D eigenvalue weighted by Gasteiger charge is 2.22. The van der Waals surface area contributed by atoms with Crippen LogP contribution in [0, 0.1) is 12.8 Å². The van der Waals surface area contributed by atoms with Gasteiger partial charge in [-0.25, -0.2) is 0 Å². The molecule has 0 saturated heterocycles.